The van der Waals surface area contributed by atoms with E-state index in [0.717, 1.165) is 12.1 Å². The molecular formula is C26H26Br2F4N4O4S2. The molecule has 16 heteroatoms. The molecule has 0 amide bonds. The first kappa shape index (κ1) is 31.4. The van der Waals surface area contributed by atoms with Gasteiger partial charge in [-0.3, -0.25) is 9.98 Å². The van der Waals surface area contributed by atoms with Gasteiger partial charge in [0, 0.05) is 20.1 Å². The van der Waals surface area contributed by atoms with Crippen LogP contribution in [0.2, 0.25) is 0 Å². The van der Waals surface area contributed by atoms with Crippen molar-refractivity contribution in [2.75, 3.05) is 24.9 Å². The van der Waals surface area contributed by atoms with Gasteiger partial charge in [0.05, 0.1) is 11.5 Å². The Balaban J connectivity index is 0.000000168. The summed E-state index contributed by atoms with van der Waals surface area (Å²) < 4.78 is 104. The minimum atomic E-state index is -3.67. The lowest BCUT2D eigenvalue weighted by Crippen LogP contribution is -2.52. The quantitative estimate of drug-likeness (QED) is 0.449. The number of alkyl halides is 2. The Bertz CT molecular complexity index is 1620. The van der Waals surface area contributed by atoms with E-state index in [4.69, 9.17) is 11.5 Å². The first-order chi connectivity index (χ1) is 19.5. The molecule has 4 aliphatic rings. The summed E-state index contributed by atoms with van der Waals surface area (Å²) in [5.74, 6) is -2.74. The Morgan fingerprint density at radius 2 is 1.02 bits per heavy atom. The van der Waals surface area contributed by atoms with Crippen LogP contribution >= 0.6 is 31.9 Å². The van der Waals surface area contributed by atoms with Crippen molar-refractivity contribution in [3.05, 3.63) is 68.1 Å². The van der Waals surface area contributed by atoms with Crippen molar-refractivity contribution in [1.29, 1.82) is 0 Å². The van der Waals surface area contributed by atoms with Crippen molar-refractivity contribution in [2.45, 2.75) is 46.3 Å². The normalized spacial score (nSPS) is 29.2. The molecule has 4 N–H and O–H groups in total. The fourth-order valence-corrected chi connectivity index (χ4v) is 10.9. The highest BCUT2D eigenvalue weighted by molar-refractivity contribution is 9.10. The Hall–Kier alpha value is -2.04. The number of rotatable bonds is 4. The maximum Gasteiger partial charge on any atom is 0.166 e. The predicted octanol–water partition coefficient (Wildman–Crippen LogP) is 4.14. The van der Waals surface area contributed by atoms with Crippen LogP contribution in [0.5, 0.6) is 0 Å². The topological polar surface area (TPSA) is 145 Å². The Kier molecular flexibility index (Phi) is 7.67. The van der Waals surface area contributed by atoms with Gasteiger partial charge in [0.1, 0.15) is 57.2 Å². The van der Waals surface area contributed by atoms with E-state index in [9.17, 15) is 34.4 Å². The molecule has 2 aliphatic heterocycles. The monoisotopic (exact) mass is 756 g/mol. The molecule has 2 aromatic carbocycles. The summed E-state index contributed by atoms with van der Waals surface area (Å²) in [6.07, 6.45) is 1.59. The Labute approximate surface area is 257 Å². The third-order valence-corrected chi connectivity index (χ3v) is 14.7. The highest BCUT2D eigenvalue weighted by atomic mass is 79.9. The van der Waals surface area contributed by atoms with E-state index >= 15 is 0 Å². The van der Waals surface area contributed by atoms with Gasteiger partial charge < -0.3 is 11.5 Å². The maximum absolute atomic E-state index is 14.1. The smallest absolute Gasteiger partial charge is 0.166 e. The van der Waals surface area contributed by atoms with Crippen molar-refractivity contribution < 1.29 is 34.4 Å². The molecule has 2 atom stereocenters. The molecule has 2 saturated carbocycles. The van der Waals surface area contributed by atoms with Crippen molar-refractivity contribution in [3.63, 3.8) is 0 Å². The Morgan fingerprint density at radius 1 is 0.690 bits per heavy atom. The first-order valence-corrected chi connectivity index (χ1v) is 17.6. The van der Waals surface area contributed by atoms with Crippen LogP contribution in [0, 0.1) is 11.6 Å². The van der Waals surface area contributed by atoms with E-state index < -0.39 is 76.7 Å². The van der Waals surface area contributed by atoms with E-state index in [1.54, 1.807) is 0 Å². The van der Waals surface area contributed by atoms with Crippen molar-refractivity contribution in [2.24, 2.45) is 21.5 Å². The van der Waals surface area contributed by atoms with Gasteiger partial charge in [-0.25, -0.2) is 34.4 Å². The lowest BCUT2D eigenvalue weighted by molar-refractivity contribution is 0.325. The molecule has 2 spiro atoms. The molecule has 2 heterocycles. The summed E-state index contributed by atoms with van der Waals surface area (Å²) >= 11 is 6.35. The van der Waals surface area contributed by atoms with Crippen LogP contribution in [0.4, 0.5) is 17.6 Å². The number of nitrogens with zero attached hydrogens (tertiary/aromatic N) is 2. The van der Waals surface area contributed by atoms with Crippen LogP contribution < -0.4 is 11.5 Å². The summed E-state index contributed by atoms with van der Waals surface area (Å²) in [5.41, 5.74) is 7.80. The van der Waals surface area contributed by atoms with Crippen LogP contribution in [0.3, 0.4) is 0 Å². The molecule has 228 valence electrons. The summed E-state index contributed by atoms with van der Waals surface area (Å²) in [7, 11) is -7.35. The zero-order valence-corrected chi connectivity index (χ0v) is 26.7. The number of amidine groups is 2. The lowest BCUT2D eigenvalue weighted by atomic mass is 9.93. The average molecular weight is 758 g/mol. The minimum absolute atomic E-state index is 0.0959. The van der Waals surface area contributed by atoms with Gasteiger partial charge in [-0.15, -0.1) is 0 Å². The van der Waals surface area contributed by atoms with Gasteiger partial charge in [-0.2, -0.15) is 0 Å². The minimum Gasteiger partial charge on any atom is -0.386 e. The number of nitrogens with two attached hydrogens (primary N) is 2. The van der Waals surface area contributed by atoms with E-state index in [1.165, 1.54) is 24.3 Å². The molecule has 8 nitrogen and oxygen atoms in total. The van der Waals surface area contributed by atoms with Crippen LogP contribution in [-0.4, -0.2) is 62.9 Å². The number of halogens is 6. The second-order valence-electron chi connectivity index (χ2n) is 11.1. The van der Waals surface area contributed by atoms with Gasteiger partial charge >= 0.3 is 0 Å². The molecule has 2 aromatic rings. The molecule has 0 unspecified atom stereocenters. The number of sulfone groups is 2. The largest absolute Gasteiger partial charge is 0.386 e. The molecule has 0 bridgehead atoms. The van der Waals surface area contributed by atoms with Gasteiger partial charge in [0.2, 0.25) is 0 Å². The van der Waals surface area contributed by atoms with Crippen molar-refractivity contribution in [1.82, 2.24) is 0 Å². The van der Waals surface area contributed by atoms with Crippen molar-refractivity contribution in [3.8, 4) is 0 Å². The van der Waals surface area contributed by atoms with E-state index in [-0.39, 0.29) is 22.8 Å². The molecule has 0 aromatic heterocycles. The zero-order valence-electron chi connectivity index (χ0n) is 21.9. The summed E-state index contributed by atoms with van der Waals surface area (Å²) in [4.78, 5) is 8.19. The van der Waals surface area contributed by atoms with Gasteiger partial charge in [-0.1, -0.05) is 31.9 Å². The third-order valence-electron chi connectivity index (χ3n) is 8.36. The molecule has 0 saturated heterocycles. The second-order valence-corrected chi connectivity index (χ2v) is 17.5. The molecule has 6 rings (SSSR count). The summed E-state index contributed by atoms with van der Waals surface area (Å²) in [5, 5.41) is 0. The fraction of sp³-hybridized carbons (Fsp3) is 0.462. The number of hydrogen-bond donors (Lipinski definition) is 2. The van der Waals surface area contributed by atoms with Crippen LogP contribution in [0.15, 0.2) is 55.3 Å². The molecule has 0 radical (unpaired) electrons. The van der Waals surface area contributed by atoms with E-state index in [0.29, 0.717) is 34.6 Å². The van der Waals surface area contributed by atoms with Crippen LogP contribution in [-0.2, 0) is 30.8 Å². The standard InChI is InChI=1S/2C13H13BrF2N2O2S/c2*14-8-1-2-10(16)9(5-8)12(6-15)7-21(19,20)13(3-4-13)11(17)18-12/h2*1-2,5H,3-4,6-7H2,(H2,17,18)/t2*12-/m10/s1. The molecular weight excluding hydrogens is 732 g/mol. The molecule has 2 fully saturated rings. The fourth-order valence-electron chi connectivity index (χ4n) is 5.58. The second kappa shape index (κ2) is 10.3. The highest BCUT2D eigenvalue weighted by Gasteiger charge is 2.64. The average Bonchev–Trinajstić information content (AvgIpc) is 3.83. The summed E-state index contributed by atoms with van der Waals surface area (Å²) in [6.45, 7) is -2.26. The molecule has 2 aliphatic carbocycles. The zero-order chi connectivity index (χ0) is 30.9. The van der Waals surface area contributed by atoms with E-state index in [2.05, 4.69) is 41.8 Å². The summed E-state index contributed by atoms with van der Waals surface area (Å²) in [6, 6.07) is 7.92. The van der Waals surface area contributed by atoms with Crippen LogP contribution in [0.1, 0.15) is 36.8 Å². The SMILES string of the molecule is NC1=N[C@@](CF)(c2cc(Br)ccc2F)CS(=O)(=O)C12CC2.NC1=N[C@](CF)(c2cc(Br)ccc2F)CS(=O)(=O)C12CC2. The van der Waals surface area contributed by atoms with Crippen LogP contribution in [0.25, 0.3) is 0 Å². The highest BCUT2D eigenvalue weighted by Crippen LogP contribution is 2.52. The number of aliphatic imine (C=N–C) groups is 2. The van der Waals surface area contributed by atoms with Crippen molar-refractivity contribution >= 4 is 63.2 Å². The lowest BCUT2D eigenvalue weighted by Gasteiger charge is -2.35. The Morgan fingerprint density at radius 3 is 1.29 bits per heavy atom. The maximum atomic E-state index is 14.1. The molecule has 42 heavy (non-hydrogen) atoms. The number of benzene rings is 2. The number of hydrogen-bond acceptors (Lipinski definition) is 8. The van der Waals surface area contributed by atoms with Gasteiger partial charge in [0.15, 0.2) is 19.7 Å². The predicted molar refractivity (Wildman–Crippen MR) is 158 cm³/mol. The van der Waals surface area contributed by atoms with Gasteiger partial charge in [-0.05, 0) is 62.1 Å². The van der Waals surface area contributed by atoms with E-state index in [1.807, 2.05) is 0 Å². The third kappa shape index (κ3) is 4.80. The first-order valence-electron chi connectivity index (χ1n) is 12.7. The van der Waals surface area contributed by atoms with Gasteiger partial charge in [0.25, 0.3) is 0 Å².